The van der Waals surface area contributed by atoms with Crippen LogP contribution in [0, 0.1) is 23.1 Å². The Labute approximate surface area is 132 Å². The summed E-state index contributed by atoms with van der Waals surface area (Å²) < 4.78 is 26.1. The van der Waals surface area contributed by atoms with Crippen LogP contribution in [0.5, 0.6) is 0 Å². The number of carbonyl (C=O) groups excluding carboxylic acids is 1. The summed E-state index contributed by atoms with van der Waals surface area (Å²) >= 11 is 0. The van der Waals surface area contributed by atoms with Crippen LogP contribution < -0.4 is 0 Å². The summed E-state index contributed by atoms with van der Waals surface area (Å²) in [5, 5.41) is 9.03. The first kappa shape index (κ1) is 15.4. The van der Waals surface area contributed by atoms with Crippen molar-refractivity contribution in [2.75, 3.05) is 0 Å². The largest absolute Gasteiger partial charge is 0.299 e. The Morgan fingerprint density at radius 3 is 2.59 bits per heavy atom. The summed E-state index contributed by atoms with van der Waals surface area (Å²) in [5.74, 6) is -0.549. The third kappa shape index (κ3) is 2.98. The molecule has 2 heterocycles. The van der Waals surface area contributed by atoms with Crippen LogP contribution in [0.25, 0.3) is 0 Å². The molecule has 0 saturated carbocycles. The summed E-state index contributed by atoms with van der Waals surface area (Å²) in [6.07, 6.45) is 4.41. The minimum absolute atomic E-state index is 0.0391. The smallest absolute Gasteiger partial charge is 0.140 e. The van der Waals surface area contributed by atoms with E-state index in [4.69, 9.17) is 5.26 Å². The van der Waals surface area contributed by atoms with Crippen LogP contribution in [-0.4, -0.2) is 20.5 Å². The highest BCUT2D eigenvalue weighted by atomic mass is 32.2. The highest BCUT2D eigenvalue weighted by Crippen LogP contribution is 2.37. The normalized spacial score (nSPS) is 30.5. The molecule has 22 heavy (non-hydrogen) atoms. The Morgan fingerprint density at radius 2 is 2.00 bits per heavy atom. The van der Waals surface area contributed by atoms with Gasteiger partial charge in [0.1, 0.15) is 11.6 Å². The molecule has 0 aliphatic carbocycles. The van der Waals surface area contributed by atoms with E-state index in [1.54, 1.807) is 0 Å². The number of hydrogen-bond donors (Lipinski definition) is 0. The fourth-order valence-electron chi connectivity index (χ4n) is 3.59. The molecule has 5 heteroatoms. The van der Waals surface area contributed by atoms with Crippen molar-refractivity contribution in [3.8, 4) is 6.07 Å². The maximum absolute atomic E-state index is 13.9. The lowest BCUT2D eigenvalue weighted by Gasteiger charge is -2.37. The summed E-state index contributed by atoms with van der Waals surface area (Å²) in [5.41, 5.74) is 0.608. The topological polar surface area (TPSA) is 57.9 Å². The zero-order valence-corrected chi connectivity index (χ0v) is 13.1. The number of fused-ring (bicyclic) bond motifs is 2. The Kier molecular flexibility index (Phi) is 4.39. The van der Waals surface area contributed by atoms with Gasteiger partial charge in [0.05, 0.1) is 11.6 Å². The first-order valence-electron chi connectivity index (χ1n) is 7.69. The lowest BCUT2D eigenvalue weighted by molar-refractivity contribution is -0.122. The molecule has 3 nitrogen and oxygen atoms in total. The molecule has 116 valence electrons. The van der Waals surface area contributed by atoms with Gasteiger partial charge in [-0.2, -0.15) is 5.26 Å². The molecule has 0 aromatic heterocycles. The number of rotatable bonds is 3. The zero-order valence-electron chi connectivity index (χ0n) is 12.3. The number of carbonyl (C=O) groups is 1. The van der Waals surface area contributed by atoms with Gasteiger partial charge in [-0.25, -0.2) is 4.39 Å². The first-order valence-corrected chi connectivity index (χ1v) is 8.96. The third-order valence-corrected chi connectivity index (χ3v) is 6.98. The van der Waals surface area contributed by atoms with Gasteiger partial charge in [0.25, 0.3) is 0 Å². The molecule has 0 N–H and O–H groups in total. The molecule has 1 aromatic carbocycles. The number of nitriles is 1. The molecule has 1 aromatic rings. The summed E-state index contributed by atoms with van der Waals surface area (Å²) in [6, 6.07) is 6.12. The van der Waals surface area contributed by atoms with Gasteiger partial charge in [-0.1, -0.05) is 12.5 Å². The molecule has 2 saturated heterocycles. The standard InChI is InChI=1S/C17H18FNO2S/c18-16-6-11(10-19)4-5-12(16)9-17(20)13-7-14-2-1-3-15(8-13)22(14)21/h4-6,13-15H,1-3,7-9H2. The number of halogens is 1. The van der Waals surface area contributed by atoms with Gasteiger partial charge < -0.3 is 0 Å². The maximum atomic E-state index is 13.9. The van der Waals surface area contributed by atoms with Crippen molar-refractivity contribution in [3.63, 3.8) is 0 Å². The summed E-state index contributed by atoms with van der Waals surface area (Å²) in [7, 11) is -0.791. The van der Waals surface area contributed by atoms with Gasteiger partial charge in [-0.3, -0.25) is 9.00 Å². The quantitative estimate of drug-likeness (QED) is 0.861. The van der Waals surface area contributed by atoms with E-state index in [0.29, 0.717) is 18.4 Å². The van der Waals surface area contributed by atoms with Crippen molar-refractivity contribution >= 4 is 16.6 Å². The van der Waals surface area contributed by atoms with Crippen molar-refractivity contribution in [2.45, 2.75) is 49.0 Å². The minimum Gasteiger partial charge on any atom is -0.299 e. The number of hydrogen-bond acceptors (Lipinski definition) is 3. The Bertz CT molecular complexity index is 651. The fraction of sp³-hybridized carbons (Fsp3) is 0.529. The summed E-state index contributed by atoms with van der Waals surface area (Å²) in [6.45, 7) is 0. The van der Waals surface area contributed by atoms with Crippen molar-refractivity contribution in [1.82, 2.24) is 0 Å². The maximum Gasteiger partial charge on any atom is 0.140 e. The van der Waals surface area contributed by atoms with E-state index >= 15 is 0 Å². The first-order chi connectivity index (χ1) is 10.6. The zero-order chi connectivity index (χ0) is 15.7. The number of nitrogens with zero attached hydrogens (tertiary/aromatic N) is 1. The second-order valence-corrected chi connectivity index (χ2v) is 8.22. The molecular weight excluding hydrogens is 301 g/mol. The van der Waals surface area contributed by atoms with Crippen LogP contribution in [-0.2, 0) is 22.0 Å². The van der Waals surface area contributed by atoms with Gasteiger partial charge >= 0.3 is 0 Å². The van der Waals surface area contributed by atoms with E-state index in [-0.39, 0.29) is 34.2 Å². The van der Waals surface area contributed by atoms with Gasteiger partial charge in [0, 0.05) is 33.6 Å². The average molecular weight is 319 g/mol. The van der Waals surface area contributed by atoms with Crippen LogP contribution >= 0.6 is 0 Å². The van der Waals surface area contributed by atoms with E-state index in [9.17, 15) is 13.4 Å². The van der Waals surface area contributed by atoms with Crippen molar-refractivity contribution in [1.29, 1.82) is 5.26 Å². The average Bonchev–Trinajstić information content (AvgIpc) is 2.48. The van der Waals surface area contributed by atoms with Gasteiger partial charge in [-0.15, -0.1) is 0 Å². The van der Waals surface area contributed by atoms with Crippen molar-refractivity contribution < 1.29 is 13.4 Å². The van der Waals surface area contributed by atoms with Gasteiger partial charge in [0.15, 0.2) is 0 Å². The second kappa shape index (κ2) is 6.29. The molecular formula is C17H18FNO2S. The lowest BCUT2D eigenvalue weighted by atomic mass is 9.84. The Hall–Kier alpha value is -1.54. The molecule has 2 aliphatic rings. The van der Waals surface area contributed by atoms with Crippen LogP contribution in [0.1, 0.15) is 43.2 Å². The molecule has 3 rings (SSSR count). The number of Topliss-reactive ketones (excluding diaryl/α,β-unsaturated/α-hetero) is 1. The third-order valence-electron chi connectivity index (χ3n) is 4.81. The van der Waals surface area contributed by atoms with E-state index in [0.717, 1.165) is 19.3 Å². The van der Waals surface area contributed by atoms with Crippen LogP contribution in [0.15, 0.2) is 18.2 Å². The minimum atomic E-state index is -0.791. The van der Waals surface area contributed by atoms with Crippen molar-refractivity contribution in [2.24, 2.45) is 5.92 Å². The van der Waals surface area contributed by atoms with E-state index in [1.165, 1.54) is 18.2 Å². The van der Waals surface area contributed by atoms with Gasteiger partial charge in [0.2, 0.25) is 0 Å². The molecule has 0 radical (unpaired) electrons. The lowest BCUT2D eigenvalue weighted by Crippen LogP contribution is -2.41. The Balaban J connectivity index is 1.70. The van der Waals surface area contributed by atoms with Crippen LogP contribution in [0.3, 0.4) is 0 Å². The molecule has 0 spiro atoms. The predicted octanol–water partition coefficient (Wildman–Crippen LogP) is 2.89. The molecule has 2 aliphatic heterocycles. The fourth-order valence-corrected chi connectivity index (χ4v) is 5.78. The molecule has 2 fully saturated rings. The van der Waals surface area contributed by atoms with Crippen LogP contribution in [0.4, 0.5) is 4.39 Å². The summed E-state index contributed by atoms with van der Waals surface area (Å²) in [4.78, 5) is 12.5. The molecule has 2 bridgehead atoms. The number of benzene rings is 1. The van der Waals surface area contributed by atoms with Crippen molar-refractivity contribution in [3.05, 3.63) is 35.1 Å². The van der Waals surface area contributed by atoms with E-state index in [1.807, 2.05) is 6.07 Å². The number of ketones is 1. The van der Waals surface area contributed by atoms with Crippen LogP contribution in [0.2, 0.25) is 0 Å². The van der Waals surface area contributed by atoms with E-state index < -0.39 is 16.6 Å². The molecule has 2 unspecified atom stereocenters. The highest BCUT2D eigenvalue weighted by Gasteiger charge is 2.40. The highest BCUT2D eigenvalue weighted by molar-refractivity contribution is 7.86. The van der Waals surface area contributed by atoms with E-state index in [2.05, 4.69) is 0 Å². The predicted molar refractivity (Wildman–Crippen MR) is 82.1 cm³/mol. The Morgan fingerprint density at radius 1 is 1.32 bits per heavy atom. The SMILES string of the molecule is N#Cc1ccc(CC(=O)C2CC3CCCC(C2)S3=O)c(F)c1. The monoisotopic (exact) mass is 319 g/mol. The van der Waals surface area contributed by atoms with Gasteiger partial charge in [-0.05, 0) is 43.4 Å². The molecule has 0 amide bonds. The second-order valence-electron chi connectivity index (χ2n) is 6.23. The molecule has 2 atom stereocenters.